The van der Waals surface area contributed by atoms with Crippen molar-refractivity contribution in [3.05, 3.63) is 24.4 Å². The van der Waals surface area contributed by atoms with Gasteiger partial charge in [0.2, 0.25) is 0 Å². The van der Waals surface area contributed by atoms with Crippen LogP contribution in [0.25, 0.3) is 11.3 Å². The summed E-state index contributed by atoms with van der Waals surface area (Å²) < 4.78 is 11.9. The Hall–Kier alpha value is -2.57. The van der Waals surface area contributed by atoms with Crippen LogP contribution in [-0.2, 0) is 10.3 Å². The number of nitrogens with zero attached hydrogens (tertiary/aromatic N) is 3. The monoisotopic (exact) mass is 291 g/mol. The van der Waals surface area contributed by atoms with Crippen molar-refractivity contribution < 1.29 is 19.4 Å². The van der Waals surface area contributed by atoms with E-state index in [1.54, 1.807) is 39.2 Å². The summed E-state index contributed by atoms with van der Waals surface area (Å²) in [5.74, 6) is 0.202. The van der Waals surface area contributed by atoms with E-state index < -0.39 is 11.5 Å². The van der Waals surface area contributed by atoms with Crippen LogP contribution in [-0.4, -0.2) is 40.3 Å². The van der Waals surface area contributed by atoms with Crippen LogP contribution >= 0.6 is 0 Å². The van der Waals surface area contributed by atoms with Crippen LogP contribution in [0.4, 0.5) is 0 Å². The first-order valence-corrected chi connectivity index (χ1v) is 6.28. The number of aromatic nitrogens is 3. The molecule has 7 heteroatoms. The number of methoxy groups -OCH3 is 2. The highest BCUT2D eigenvalue weighted by Gasteiger charge is 2.33. The Morgan fingerprint density at radius 3 is 2.57 bits per heavy atom. The molecule has 1 heterocycles. The van der Waals surface area contributed by atoms with Gasteiger partial charge < -0.3 is 14.6 Å². The molecule has 21 heavy (non-hydrogen) atoms. The lowest BCUT2D eigenvalue weighted by Crippen LogP contribution is -2.37. The summed E-state index contributed by atoms with van der Waals surface area (Å²) in [5.41, 5.74) is 0.0241. The van der Waals surface area contributed by atoms with Crippen LogP contribution in [0.2, 0.25) is 0 Å². The van der Waals surface area contributed by atoms with Gasteiger partial charge in [-0.15, -0.1) is 5.10 Å². The van der Waals surface area contributed by atoms with Crippen LogP contribution in [0, 0.1) is 0 Å². The number of rotatable bonds is 5. The number of carboxylic acid groups (broad SMARTS) is 1. The first-order valence-electron chi connectivity index (χ1n) is 6.28. The van der Waals surface area contributed by atoms with Crippen molar-refractivity contribution in [2.75, 3.05) is 14.2 Å². The fraction of sp³-hybridized carbons (Fsp3) is 0.357. The first kappa shape index (κ1) is 14.8. The van der Waals surface area contributed by atoms with E-state index in [1.807, 2.05) is 0 Å². The zero-order valence-electron chi connectivity index (χ0n) is 12.3. The minimum absolute atomic E-state index is 0.555. The van der Waals surface area contributed by atoms with Crippen molar-refractivity contribution >= 4 is 5.97 Å². The van der Waals surface area contributed by atoms with E-state index in [4.69, 9.17) is 9.47 Å². The minimum Gasteiger partial charge on any atom is -0.497 e. The zero-order valence-corrected chi connectivity index (χ0v) is 12.3. The normalized spacial score (nSPS) is 11.2. The Morgan fingerprint density at radius 2 is 2.00 bits per heavy atom. The highest BCUT2D eigenvalue weighted by atomic mass is 16.5. The van der Waals surface area contributed by atoms with Crippen LogP contribution < -0.4 is 9.47 Å². The molecule has 2 aromatic rings. The van der Waals surface area contributed by atoms with Crippen molar-refractivity contribution in [2.24, 2.45) is 0 Å². The van der Waals surface area contributed by atoms with Crippen LogP contribution in [0.5, 0.6) is 11.5 Å². The lowest BCUT2D eigenvalue weighted by atomic mass is 10.0. The molecule has 0 saturated carbocycles. The highest BCUT2D eigenvalue weighted by molar-refractivity contribution is 5.77. The molecule has 0 aliphatic rings. The van der Waals surface area contributed by atoms with E-state index in [0.717, 1.165) is 0 Å². The molecule has 0 atom stereocenters. The second-order valence-corrected chi connectivity index (χ2v) is 4.96. The predicted molar refractivity (Wildman–Crippen MR) is 75.5 cm³/mol. The van der Waals surface area contributed by atoms with Crippen molar-refractivity contribution in [1.82, 2.24) is 15.0 Å². The third kappa shape index (κ3) is 2.54. The first-order chi connectivity index (χ1) is 9.91. The number of carboxylic acids is 1. The second kappa shape index (κ2) is 5.43. The van der Waals surface area contributed by atoms with Crippen molar-refractivity contribution in [2.45, 2.75) is 19.4 Å². The maximum atomic E-state index is 11.4. The molecule has 0 radical (unpaired) electrons. The molecule has 0 bridgehead atoms. The van der Waals surface area contributed by atoms with E-state index in [0.29, 0.717) is 22.8 Å². The summed E-state index contributed by atoms with van der Waals surface area (Å²) in [5, 5.41) is 17.1. The SMILES string of the molecule is COc1ccc(-c2cnnn2C(C)(C)C(=O)O)c(OC)c1. The molecule has 0 saturated heterocycles. The van der Waals surface area contributed by atoms with Gasteiger partial charge in [-0.05, 0) is 26.0 Å². The molecule has 1 aromatic carbocycles. The van der Waals surface area contributed by atoms with Crippen molar-refractivity contribution in [1.29, 1.82) is 0 Å². The third-order valence-corrected chi connectivity index (χ3v) is 3.29. The molecule has 7 nitrogen and oxygen atoms in total. The third-order valence-electron chi connectivity index (χ3n) is 3.29. The van der Waals surface area contributed by atoms with Crippen LogP contribution in [0.1, 0.15) is 13.8 Å². The molecule has 0 fully saturated rings. The molecule has 112 valence electrons. The predicted octanol–water partition coefficient (Wildman–Crippen LogP) is 1.78. The number of benzene rings is 1. The number of aliphatic carboxylic acids is 1. The van der Waals surface area contributed by atoms with E-state index in [2.05, 4.69) is 10.3 Å². The Bertz CT molecular complexity index is 664. The molecule has 1 aromatic heterocycles. The molecular weight excluding hydrogens is 274 g/mol. The Kier molecular flexibility index (Phi) is 3.84. The van der Waals surface area contributed by atoms with E-state index in [-0.39, 0.29) is 0 Å². The molecule has 0 spiro atoms. The molecule has 0 unspecified atom stereocenters. The van der Waals surface area contributed by atoms with Gasteiger partial charge in [0.15, 0.2) is 5.54 Å². The van der Waals surface area contributed by atoms with E-state index >= 15 is 0 Å². The lowest BCUT2D eigenvalue weighted by Gasteiger charge is -2.22. The van der Waals surface area contributed by atoms with Gasteiger partial charge in [-0.1, -0.05) is 5.21 Å². The van der Waals surface area contributed by atoms with Gasteiger partial charge in [-0.25, -0.2) is 9.48 Å². The zero-order chi connectivity index (χ0) is 15.6. The number of hydrogen-bond acceptors (Lipinski definition) is 5. The lowest BCUT2D eigenvalue weighted by molar-refractivity contribution is -0.146. The minimum atomic E-state index is -1.23. The maximum Gasteiger partial charge on any atom is 0.331 e. The summed E-state index contributed by atoms with van der Waals surface area (Å²) in [7, 11) is 3.10. The highest BCUT2D eigenvalue weighted by Crippen LogP contribution is 2.34. The summed E-state index contributed by atoms with van der Waals surface area (Å²) in [6.45, 7) is 3.12. The van der Waals surface area contributed by atoms with Crippen LogP contribution in [0.15, 0.2) is 24.4 Å². The largest absolute Gasteiger partial charge is 0.497 e. The summed E-state index contributed by atoms with van der Waals surface area (Å²) in [4.78, 5) is 11.4. The molecule has 2 rings (SSSR count). The summed E-state index contributed by atoms with van der Waals surface area (Å²) >= 11 is 0. The standard InChI is InChI=1S/C14H17N3O4/c1-14(2,13(18)19)17-11(8-15-16-17)10-6-5-9(20-3)7-12(10)21-4/h5-8H,1-4H3,(H,18,19). The number of carbonyl (C=O) groups is 1. The number of ether oxygens (including phenoxy) is 2. The van der Waals surface area contributed by atoms with E-state index in [9.17, 15) is 9.90 Å². The van der Waals surface area contributed by atoms with Gasteiger partial charge in [-0.3, -0.25) is 0 Å². The van der Waals surface area contributed by atoms with Gasteiger partial charge in [0.25, 0.3) is 0 Å². The Balaban J connectivity index is 2.59. The second-order valence-electron chi connectivity index (χ2n) is 4.96. The molecule has 0 amide bonds. The molecule has 0 aliphatic carbocycles. The van der Waals surface area contributed by atoms with Gasteiger partial charge in [0.1, 0.15) is 11.5 Å². The van der Waals surface area contributed by atoms with Crippen molar-refractivity contribution in [3.8, 4) is 22.8 Å². The average molecular weight is 291 g/mol. The smallest absolute Gasteiger partial charge is 0.331 e. The molecule has 0 aliphatic heterocycles. The van der Waals surface area contributed by atoms with Gasteiger partial charge in [-0.2, -0.15) is 0 Å². The summed E-state index contributed by atoms with van der Waals surface area (Å²) in [6.07, 6.45) is 1.51. The average Bonchev–Trinajstić information content (AvgIpc) is 2.96. The maximum absolute atomic E-state index is 11.4. The van der Waals surface area contributed by atoms with Crippen LogP contribution in [0.3, 0.4) is 0 Å². The fourth-order valence-corrected chi connectivity index (χ4v) is 1.93. The molecular formula is C14H17N3O4. The summed E-state index contributed by atoms with van der Waals surface area (Å²) in [6, 6.07) is 5.27. The van der Waals surface area contributed by atoms with Gasteiger partial charge in [0.05, 0.1) is 26.1 Å². The molecule has 1 N–H and O–H groups in total. The quantitative estimate of drug-likeness (QED) is 0.903. The fourth-order valence-electron chi connectivity index (χ4n) is 1.93. The van der Waals surface area contributed by atoms with Crippen molar-refractivity contribution in [3.63, 3.8) is 0 Å². The topological polar surface area (TPSA) is 86.5 Å². The van der Waals surface area contributed by atoms with Gasteiger partial charge >= 0.3 is 5.97 Å². The van der Waals surface area contributed by atoms with Gasteiger partial charge in [0, 0.05) is 11.6 Å². The Morgan fingerprint density at radius 1 is 1.29 bits per heavy atom. The van der Waals surface area contributed by atoms with E-state index in [1.165, 1.54) is 18.0 Å². The Labute approximate surface area is 122 Å². The number of hydrogen-bond donors (Lipinski definition) is 1.